The number of benzene rings is 1. The van der Waals surface area contributed by atoms with E-state index in [1.54, 1.807) is 18.4 Å². The maximum Gasteiger partial charge on any atom is 0.133 e. The summed E-state index contributed by atoms with van der Waals surface area (Å²) in [4.78, 5) is 0.977. The second-order valence-corrected chi connectivity index (χ2v) is 6.20. The molecule has 0 aliphatic rings. The first kappa shape index (κ1) is 15.5. The molecule has 0 saturated carbocycles. The second kappa shape index (κ2) is 7.22. The van der Waals surface area contributed by atoms with E-state index < -0.39 is 6.10 Å². The molecule has 1 unspecified atom stereocenters. The fraction of sp³-hybridized carbons (Fsp3) is 0.333. The van der Waals surface area contributed by atoms with Gasteiger partial charge in [-0.25, -0.2) is 0 Å². The van der Waals surface area contributed by atoms with Crippen LogP contribution in [0, 0.1) is 6.92 Å². The highest BCUT2D eigenvalue weighted by atomic mass is 79.9. The van der Waals surface area contributed by atoms with E-state index in [1.807, 2.05) is 36.6 Å². The van der Waals surface area contributed by atoms with Crippen molar-refractivity contribution in [2.75, 3.05) is 20.3 Å². The van der Waals surface area contributed by atoms with Crippen LogP contribution in [0.1, 0.15) is 22.1 Å². The van der Waals surface area contributed by atoms with Gasteiger partial charge in [-0.1, -0.05) is 6.07 Å². The van der Waals surface area contributed by atoms with E-state index in [0.717, 1.165) is 26.2 Å². The molecule has 1 heterocycles. The smallest absolute Gasteiger partial charge is 0.133 e. The Hall–Kier alpha value is -0.880. The van der Waals surface area contributed by atoms with Gasteiger partial charge < -0.3 is 14.6 Å². The quantitative estimate of drug-likeness (QED) is 0.797. The summed E-state index contributed by atoms with van der Waals surface area (Å²) in [5.41, 5.74) is 1.96. The number of hydrogen-bond donors (Lipinski definition) is 1. The van der Waals surface area contributed by atoms with Crippen LogP contribution >= 0.6 is 27.3 Å². The molecular weight excluding hydrogens is 340 g/mol. The minimum absolute atomic E-state index is 0.501. The molecule has 20 heavy (non-hydrogen) atoms. The average Bonchev–Trinajstić information content (AvgIpc) is 2.86. The highest BCUT2D eigenvalue weighted by Crippen LogP contribution is 2.33. The van der Waals surface area contributed by atoms with Crippen molar-refractivity contribution in [1.82, 2.24) is 0 Å². The molecule has 0 fully saturated rings. The molecule has 1 atom stereocenters. The predicted molar refractivity (Wildman–Crippen MR) is 84.6 cm³/mol. The van der Waals surface area contributed by atoms with Crippen LogP contribution in [0.5, 0.6) is 5.75 Å². The molecule has 2 aromatic rings. The average molecular weight is 357 g/mol. The molecule has 0 aliphatic carbocycles. The lowest BCUT2D eigenvalue weighted by Crippen LogP contribution is -2.05. The van der Waals surface area contributed by atoms with Gasteiger partial charge in [-0.05, 0) is 57.6 Å². The lowest BCUT2D eigenvalue weighted by molar-refractivity contribution is 0.146. The topological polar surface area (TPSA) is 38.7 Å². The molecule has 108 valence electrons. The van der Waals surface area contributed by atoms with Crippen molar-refractivity contribution in [1.29, 1.82) is 0 Å². The Morgan fingerprint density at radius 1 is 1.30 bits per heavy atom. The van der Waals surface area contributed by atoms with Crippen molar-refractivity contribution >= 4 is 27.3 Å². The normalized spacial score (nSPS) is 12.4. The number of aliphatic hydroxyl groups is 1. The van der Waals surface area contributed by atoms with Crippen LogP contribution in [-0.4, -0.2) is 25.4 Å². The molecular formula is C15H17BrO3S. The standard InChI is InChI=1S/C15H17BrO3S/c1-10-5-8-20-15(10)14(17)11-3-4-13(12(16)9-11)19-7-6-18-2/h3-5,8-9,14,17H,6-7H2,1-2H3. The Balaban J connectivity index is 2.14. The van der Waals surface area contributed by atoms with Crippen LogP contribution in [0.25, 0.3) is 0 Å². The van der Waals surface area contributed by atoms with Crippen molar-refractivity contribution in [3.8, 4) is 5.75 Å². The monoisotopic (exact) mass is 356 g/mol. The molecule has 0 amide bonds. The molecule has 0 radical (unpaired) electrons. The van der Waals surface area contributed by atoms with Crippen LogP contribution in [0.4, 0.5) is 0 Å². The van der Waals surface area contributed by atoms with Gasteiger partial charge in [-0.3, -0.25) is 0 Å². The van der Waals surface area contributed by atoms with E-state index >= 15 is 0 Å². The first-order valence-corrected chi connectivity index (χ1v) is 7.94. The number of thiophene rings is 1. The molecule has 0 saturated heterocycles. The number of aryl methyl sites for hydroxylation is 1. The van der Waals surface area contributed by atoms with Crippen LogP contribution in [0.3, 0.4) is 0 Å². The maximum absolute atomic E-state index is 10.4. The number of halogens is 1. The Morgan fingerprint density at radius 3 is 2.70 bits per heavy atom. The zero-order valence-electron chi connectivity index (χ0n) is 11.4. The van der Waals surface area contributed by atoms with Crippen LogP contribution in [-0.2, 0) is 4.74 Å². The highest BCUT2D eigenvalue weighted by Gasteiger charge is 2.15. The zero-order chi connectivity index (χ0) is 14.5. The van der Waals surface area contributed by atoms with Crippen molar-refractivity contribution in [2.24, 2.45) is 0 Å². The second-order valence-electron chi connectivity index (χ2n) is 4.40. The Kier molecular flexibility index (Phi) is 5.60. The van der Waals surface area contributed by atoms with Crippen molar-refractivity contribution < 1.29 is 14.6 Å². The van der Waals surface area contributed by atoms with Gasteiger partial charge in [-0.2, -0.15) is 0 Å². The van der Waals surface area contributed by atoms with Gasteiger partial charge in [0.1, 0.15) is 18.5 Å². The van der Waals surface area contributed by atoms with Crippen LogP contribution in [0.2, 0.25) is 0 Å². The molecule has 5 heteroatoms. The third-order valence-electron chi connectivity index (χ3n) is 2.97. The zero-order valence-corrected chi connectivity index (χ0v) is 13.8. The van der Waals surface area contributed by atoms with Gasteiger partial charge in [-0.15, -0.1) is 11.3 Å². The fourth-order valence-corrected chi connectivity index (χ4v) is 3.30. The summed E-state index contributed by atoms with van der Waals surface area (Å²) in [6, 6.07) is 7.66. The van der Waals surface area contributed by atoms with Gasteiger partial charge in [0.05, 0.1) is 11.1 Å². The third-order valence-corrected chi connectivity index (χ3v) is 4.66. The predicted octanol–water partition coefficient (Wildman–Crippen LogP) is 3.93. The first-order valence-electron chi connectivity index (χ1n) is 6.26. The van der Waals surface area contributed by atoms with Gasteiger partial charge in [0, 0.05) is 12.0 Å². The summed E-state index contributed by atoms with van der Waals surface area (Å²) < 4.78 is 11.4. The molecule has 0 aliphatic heterocycles. The van der Waals surface area contributed by atoms with Gasteiger partial charge in [0.15, 0.2) is 0 Å². The third kappa shape index (κ3) is 3.61. The molecule has 2 rings (SSSR count). The van der Waals surface area contributed by atoms with Crippen molar-refractivity contribution in [3.05, 3.63) is 50.1 Å². The Bertz CT molecular complexity index is 568. The fourth-order valence-electron chi connectivity index (χ4n) is 1.86. The molecule has 3 nitrogen and oxygen atoms in total. The number of ether oxygens (including phenoxy) is 2. The van der Waals surface area contributed by atoms with Crippen molar-refractivity contribution in [3.63, 3.8) is 0 Å². The summed E-state index contributed by atoms with van der Waals surface area (Å²) in [7, 11) is 1.64. The van der Waals surface area contributed by atoms with Crippen LogP contribution in [0.15, 0.2) is 34.1 Å². The molecule has 0 bridgehead atoms. The minimum atomic E-state index is -0.598. The SMILES string of the molecule is COCCOc1ccc(C(O)c2sccc2C)cc1Br. The van der Waals surface area contributed by atoms with Gasteiger partial charge >= 0.3 is 0 Å². The highest BCUT2D eigenvalue weighted by molar-refractivity contribution is 9.10. The summed E-state index contributed by atoms with van der Waals surface area (Å²) >= 11 is 5.04. The van der Waals surface area contributed by atoms with E-state index in [0.29, 0.717) is 13.2 Å². The van der Waals surface area contributed by atoms with E-state index in [-0.39, 0.29) is 0 Å². The van der Waals surface area contributed by atoms with E-state index in [1.165, 1.54) is 0 Å². The number of rotatable bonds is 6. The first-order chi connectivity index (χ1) is 9.63. The number of methoxy groups -OCH3 is 1. The maximum atomic E-state index is 10.4. The Labute approximate surface area is 131 Å². The molecule has 1 N–H and O–H groups in total. The van der Waals surface area contributed by atoms with E-state index in [9.17, 15) is 5.11 Å². The van der Waals surface area contributed by atoms with Gasteiger partial charge in [0.2, 0.25) is 0 Å². The molecule has 1 aromatic carbocycles. The molecule has 1 aromatic heterocycles. The van der Waals surface area contributed by atoms with Crippen molar-refractivity contribution in [2.45, 2.75) is 13.0 Å². The summed E-state index contributed by atoms with van der Waals surface area (Å²) in [6.07, 6.45) is -0.598. The number of aliphatic hydroxyl groups excluding tert-OH is 1. The summed E-state index contributed by atoms with van der Waals surface area (Å²) in [5.74, 6) is 0.751. The summed E-state index contributed by atoms with van der Waals surface area (Å²) in [5, 5.41) is 12.4. The van der Waals surface area contributed by atoms with E-state index in [4.69, 9.17) is 9.47 Å². The lowest BCUT2D eigenvalue weighted by Gasteiger charge is -2.13. The number of hydrogen-bond acceptors (Lipinski definition) is 4. The largest absolute Gasteiger partial charge is 0.490 e. The van der Waals surface area contributed by atoms with E-state index in [2.05, 4.69) is 15.9 Å². The van der Waals surface area contributed by atoms with Gasteiger partial charge in [0.25, 0.3) is 0 Å². The molecule has 0 spiro atoms. The van der Waals surface area contributed by atoms with Crippen LogP contribution < -0.4 is 4.74 Å². The Morgan fingerprint density at radius 2 is 2.10 bits per heavy atom. The lowest BCUT2D eigenvalue weighted by atomic mass is 10.1. The minimum Gasteiger partial charge on any atom is -0.490 e. The summed E-state index contributed by atoms with van der Waals surface area (Å²) in [6.45, 7) is 3.05.